The summed E-state index contributed by atoms with van der Waals surface area (Å²) in [6.45, 7) is 15.3. The molecule has 0 radical (unpaired) electrons. The number of carboxylic acid groups (broad SMARTS) is 3. The molecular weight excluding hydrogens is 1710 g/mol. The Morgan fingerprint density at radius 3 is 1.16 bits per heavy atom. The van der Waals surface area contributed by atoms with Crippen LogP contribution in [-0.4, -0.2) is 215 Å². The average Bonchev–Trinajstić information content (AvgIpc) is 1.03. The van der Waals surface area contributed by atoms with E-state index in [2.05, 4.69) is 107 Å². The average molecular weight is 1800 g/mol. The summed E-state index contributed by atoms with van der Waals surface area (Å²) in [4.78, 5) is 108. The molecule has 9 heterocycles. The van der Waals surface area contributed by atoms with E-state index in [4.69, 9.17) is 43.4 Å². The molecule has 3 fully saturated rings. The molecule has 11 atom stereocenters. The Morgan fingerprint density at radius 2 is 0.848 bits per heavy atom. The number of carboxylic acids is 3. The zero-order valence-corrected chi connectivity index (χ0v) is 69.7. The van der Waals surface area contributed by atoms with Gasteiger partial charge in [-0.15, -0.1) is 34.0 Å². The molecule has 36 heteroatoms. The van der Waals surface area contributed by atoms with Gasteiger partial charge < -0.3 is 59.7 Å². The van der Waals surface area contributed by atoms with Crippen LogP contribution in [0.5, 0.6) is 0 Å². The Bertz CT molecular complexity index is 4580. The van der Waals surface area contributed by atoms with Gasteiger partial charge in [0.2, 0.25) is 0 Å². The van der Waals surface area contributed by atoms with Crippen molar-refractivity contribution in [2.45, 2.75) is 122 Å². The second kappa shape index (κ2) is 39.8. The lowest BCUT2D eigenvalue weighted by Gasteiger charge is -2.44. The van der Waals surface area contributed by atoms with Gasteiger partial charge in [-0.25, -0.2) is 42.5 Å². The number of morpholine rings is 3. The monoisotopic (exact) mass is 1800 g/mol. The number of methoxy groups -OCH3 is 3. The van der Waals surface area contributed by atoms with Crippen LogP contribution in [0.15, 0.2) is 152 Å². The highest BCUT2D eigenvalue weighted by molar-refractivity contribution is 9.11. The Balaban J connectivity index is 0.000000178. The number of rotatable bonds is 25. The van der Waals surface area contributed by atoms with Crippen LogP contribution in [0.25, 0.3) is 0 Å². The number of carbonyl (C=O) groups is 6. The zero-order chi connectivity index (χ0) is 80.8. The van der Waals surface area contributed by atoms with Gasteiger partial charge in [-0.3, -0.25) is 44.1 Å². The minimum Gasteiger partial charge on any atom is -0.481 e. The quantitative estimate of drug-likeness (QED) is 0.0229. The van der Waals surface area contributed by atoms with Crippen LogP contribution < -0.4 is 16.0 Å². The molecule has 27 nitrogen and oxygen atoms in total. The zero-order valence-electron chi connectivity index (χ0n) is 62.5. The first-order valence-electron chi connectivity index (χ1n) is 35.8. The van der Waals surface area contributed by atoms with Gasteiger partial charge in [-0.1, -0.05) is 93.7 Å². The smallest absolute Gasteiger partial charge is 0.338 e. The van der Waals surface area contributed by atoms with E-state index in [1.54, 1.807) is 50.6 Å². The third-order valence-electron chi connectivity index (χ3n) is 19.8. The predicted octanol–water partition coefficient (Wildman–Crippen LogP) is 11.7. The first kappa shape index (κ1) is 86.4. The SMILES string of the molecule is COC(=O)C1=C(CN2CCO[C@H](C(C)C)[C@H]2CC(C)C(=O)O)NC(c2nccs2)=N[C@H]1c1ccc(F)cc1Br.COC(=O)C1=C(CN2CCO[C@H](C)[C@H]2CC(C)C(=O)O)NC(c2nccs2)=N[C@H]1c1ccc(F)cc1Br.COC(=O)C1=C(CN2CCO[C@H](C)[C@H]2CCC(=O)O)NC(c2nccs2)=N[C@H]1c1ccc(F)cc1Br. The van der Waals surface area contributed by atoms with Crippen LogP contribution in [0.4, 0.5) is 13.2 Å². The van der Waals surface area contributed by atoms with Crippen molar-refractivity contribution in [2.75, 3.05) is 80.4 Å². The van der Waals surface area contributed by atoms with E-state index in [9.17, 15) is 57.3 Å². The fraction of sp³-hybridized carbons (Fsp3) is 0.447. The van der Waals surface area contributed by atoms with Gasteiger partial charge in [0.05, 0.1) is 88.0 Å². The molecule has 0 bridgehead atoms. The molecule has 3 aromatic carbocycles. The van der Waals surface area contributed by atoms with Crippen LogP contribution in [0, 0.1) is 35.2 Å². The Kier molecular flexibility index (Phi) is 30.7. The summed E-state index contributed by atoms with van der Waals surface area (Å²) in [5.74, 6) is -5.12. The van der Waals surface area contributed by atoms with Gasteiger partial charge in [0.1, 0.15) is 35.6 Å². The Labute approximate surface area is 682 Å². The predicted molar refractivity (Wildman–Crippen MR) is 424 cm³/mol. The normalized spacial score (nSPS) is 22.9. The van der Waals surface area contributed by atoms with E-state index in [-0.39, 0.29) is 48.8 Å². The molecular formula is C76H86Br3F3N12O15S3. The summed E-state index contributed by atoms with van der Waals surface area (Å²) < 4.78 is 76.4. The molecule has 600 valence electrons. The van der Waals surface area contributed by atoms with Crippen molar-refractivity contribution in [3.63, 3.8) is 0 Å². The maximum atomic E-state index is 14.0. The second-order valence-corrected chi connectivity index (χ2v) is 32.7. The lowest BCUT2D eigenvalue weighted by molar-refractivity contribution is -0.144. The van der Waals surface area contributed by atoms with Gasteiger partial charge in [-0.05, 0) is 92.1 Å². The molecule has 12 rings (SSSR count). The number of halogens is 6. The van der Waals surface area contributed by atoms with Crippen molar-refractivity contribution in [1.29, 1.82) is 0 Å². The molecule has 0 saturated carbocycles. The highest BCUT2D eigenvalue weighted by atomic mass is 79.9. The third-order valence-corrected chi connectivity index (χ3v) is 24.2. The molecule has 3 saturated heterocycles. The van der Waals surface area contributed by atoms with Crippen molar-refractivity contribution < 1.29 is 85.7 Å². The lowest BCUT2D eigenvalue weighted by atomic mass is 9.89. The van der Waals surface area contributed by atoms with E-state index >= 15 is 0 Å². The molecule has 0 amide bonds. The van der Waals surface area contributed by atoms with Crippen molar-refractivity contribution in [3.8, 4) is 0 Å². The van der Waals surface area contributed by atoms with Crippen LogP contribution >= 0.6 is 81.8 Å². The van der Waals surface area contributed by atoms with Crippen molar-refractivity contribution in [3.05, 3.63) is 186 Å². The number of nitrogens with zero attached hydrogens (tertiary/aromatic N) is 9. The lowest BCUT2D eigenvalue weighted by Crippen LogP contribution is -2.55. The topological polar surface area (TPSA) is 340 Å². The molecule has 3 aromatic heterocycles. The first-order valence-corrected chi connectivity index (χ1v) is 40.9. The van der Waals surface area contributed by atoms with Gasteiger partial charge in [0, 0.05) is 129 Å². The summed E-state index contributed by atoms with van der Waals surface area (Å²) in [6, 6.07) is 9.84. The summed E-state index contributed by atoms with van der Waals surface area (Å²) in [7, 11) is 3.92. The highest BCUT2D eigenvalue weighted by Gasteiger charge is 2.43. The molecule has 112 heavy (non-hydrogen) atoms. The van der Waals surface area contributed by atoms with Gasteiger partial charge in [-0.2, -0.15) is 0 Å². The van der Waals surface area contributed by atoms with Crippen LogP contribution in [0.2, 0.25) is 0 Å². The first-order chi connectivity index (χ1) is 53.6. The molecule has 6 aliphatic heterocycles. The van der Waals surface area contributed by atoms with Crippen molar-refractivity contribution in [2.24, 2.45) is 32.7 Å². The maximum absolute atomic E-state index is 14.0. The minimum absolute atomic E-state index is 0.00216. The number of nitrogens with one attached hydrogen (secondary N) is 3. The van der Waals surface area contributed by atoms with E-state index in [0.29, 0.717) is 175 Å². The van der Waals surface area contributed by atoms with E-state index in [1.165, 1.54) is 91.7 Å². The van der Waals surface area contributed by atoms with Crippen LogP contribution in [0.3, 0.4) is 0 Å². The third kappa shape index (κ3) is 21.3. The summed E-state index contributed by atoms with van der Waals surface area (Å²) in [5.41, 5.74) is 4.38. The number of benzene rings is 3. The van der Waals surface area contributed by atoms with Crippen molar-refractivity contribution in [1.82, 2.24) is 45.6 Å². The molecule has 6 aromatic rings. The van der Waals surface area contributed by atoms with E-state index < -0.39 is 83.2 Å². The number of thiazole rings is 3. The number of amidine groups is 3. The van der Waals surface area contributed by atoms with Crippen LogP contribution in [0.1, 0.15) is 117 Å². The molecule has 0 spiro atoms. The summed E-state index contributed by atoms with van der Waals surface area (Å²) >= 11 is 14.5. The Hall–Kier alpha value is -8.01. The number of esters is 3. The number of ether oxygens (including phenoxy) is 6. The number of carbonyl (C=O) groups excluding carboxylic acids is 3. The fourth-order valence-electron chi connectivity index (χ4n) is 14.1. The number of hydrogen-bond donors (Lipinski definition) is 6. The minimum atomic E-state index is -0.877. The highest BCUT2D eigenvalue weighted by Crippen LogP contribution is 2.42. The standard InChI is InChI=1S/C27H32BrFN4O5S.C25H28BrFN4O5S.C24H26BrFN4O5S/c1-14(2)23-20(11-15(3)26(34)35)33(8-9-38-23)13-19-21(27(36)37-4)22(17-6-5-16(29)12-18(17)28)32-24(31-19)25-30-7-10-39-25;1-13(24(32)33)10-19-14(2)36-8-7-31(19)12-18-20(25(34)35-3)21(16-5-4-15(27)11-17(16)26)30-22(29-18)23-28-6-9-37-23;1-13-18(5-6-19(31)32)30(8-9-35-13)12-17-20(24(33)34-2)21(15-4-3-14(26)11-16(15)25)29-22(28-17)23-27-7-10-36-23/h5-7,10,12,14-15,20,22-23H,8-9,11,13H2,1-4H3,(H,31,32)(H,34,35);4-6,9,11,13-14,19,21H,7-8,10,12H2,1-3H3,(H,29,30)(H,32,33);3-4,7,10-11,13,18,21H,5-6,8-9,12H2,1-2H3,(H,28,29)(H,31,32)/t15?,20-,22+,23-;13?,14-,19-,21+;13-,18-,21+/m111/s1. The molecule has 2 unspecified atom stereocenters. The number of aliphatic carboxylic acids is 3. The van der Waals surface area contributed by atoms with Gasteiger partial charge >= 0.3 is 35.8 Å². The number of aliphatic imine (C=N–C) groups is 3. The fourth-order valence-corrected chi connectivity index (χ4v) is 17.6. The molecule has 6 N–H and O–H groups in total. The van der Waals surface area contributed by atoms with Crippen LogP contribution in [-0.2, 0) is 57.2 Å². The Morgan fingerprint density at radius 1 is 0.518 bits per heavy atom. The summed E-state index contributed by atoms with van der Waals surface area (Å²) in [6.07, 6.45) is 5.62. The van der Waals surface area contributed by atoms with Gasteiger partial charge in [0.15, 0.2) is 32.5 Å². The van der Waals surface area contributed by atoms with E-state index in [1.807, 2.05) is 30.0 Å². The van der Waals surface area contributed by atoms with Crippen molar-refractivity contribution >= 4 is 135 Å². The number of hydrogen-bond acceptors (Lipinski definition) is 27. The van der Waals surface area contributed by atoms with E-state index in [0.717, 1.165) is 0 Å². The second-order valence-electron chi connectivity index (χ2n) is 27.4. The maximum Gasteiger partial charge on any atom is 0.338 e. The summed E-state index contributed by atoms with van der Waals surface area (Å²) in [5, 5.41) is 45.7. The van der Waals surface area contributed by atoms with Gasteiger partial charge in [0.25, 0.3) is 0 Å². The number of aromatic nitrogens is 3. The molecule has 0 aliphatic carbocycles. The largest absolute Gasteiger partial charge is 0.481 e. The molecule has 6 aliphatic rings.